The zero-order valence-electron chi connectivity index (χ0n) is 27.5. The summed E-state index contributed by atoms with van der Waals surface area (Å²) in [4.78, 5) is 77.2. The number of hydrogen-bond acceptors (Lipinski definition) is 14. The average Bonchev–Trinajstić information content (AvgIpc) is 3.71. The molecule has 2 N–H and O–H groups in total. The van der Waals surface area contributed by atoms with Gasteiger partial charge in [0, 0.05) is 37.4 Å². The Labute approximate surface area is 278 Å². The van der Waals surface area contributed by atoms with Crippen LogP contribution in [0.4, 0.5) is 0 Å². The maximum absolute atomic E-state index is 12.5. The second kappa shape index (κ2) is 13.8. The zero-order chi connectivity index (χ0) is 35.1. The number of hydrogen-bond donors (Lipinski definition) is 2. The first kappa shape index (κ1) is 34.9. The van der Waals surface area contributed by atoms with Gasteiger partial charge in [-0.15, -0.1) is 0 Å². The molecular weight excluding hydrogens is 652 g/mol. The Balaban J connectivity index is 0.916. The Bertz CT molecular complexity index is 1650. The van der Waals surface area contributed by atoms with Gasteiger partial charge < -0.3 is 37.9 Å². The van der Waals surface area contributed by atoms with E-state index >= 15 is 0 Å². The Morgan fingerprint density at radius 3 is 1.43 bits per heavy atom. The summed E-state index contributed by atoms with van der Waals surface area (Å²) >= 11 is 0. The van der Waals surface area contributed by atoms with E-state index in [1.54, 1.807) is 27.7 Å². The molecule has 18 nitrogen and oxygen atoms in total. The van der Waals surface area contributed by atoms with Gasteiger partial charge >= 0.3 is 23.3 Å². The number of nitrogens with zero attached hydrogens (tertiary/aromatic N) is 2. The summed E-state index contributed by atoms with van der Waals surface area (Å²) in [6.07, 6.45) is -1.44. The molecule has 4 aliphatic heterocycles. The molecule has 4 fully saturated rings. The molecule has 0 unspecified atom stereocenters. The van der Waals surface area contributed by atoms with Crippen LogP contribution < -0.4 is 22.5 Å². The summed E-state index contributed by atoms with van der Waals surface area (Å²) in [6.45, 7) is 6.64. The van der Waals surface area contributed by atoms with Gasteiger partial charge in [-0.1, -0.05) is 6.42 Å². The number of ether oxygens (including phenoxy) is 8. The predicted molar refractivity (Wildman–Crippen MR) is 163 cm³/mol. The molecule has 0 aromatic carbocycles. The predicted octanol–water partition coefficient (Wildman–Crippen LogP) is -0.0413. The highest BCUT2D eigenvalue weighted by Crippen LogP contribution is 2.43. The van der Waals surface area contributed by atoms with Crippen LogP contribution in [0.1, 0.15) is 72.3 Å². The van der Waals surface area contributed by atoms with E-state index in [9.17, 15) is 28.8 Å². The third kappa shape index (κ3) is 7.79. The summed E-state index contributed by atoms with van der Waals surface area (Å²) in [6, 6.07) is 2.40. The van der Waals surface area contributed by atoms with Gasteiger partial charge in [0.05, 0.1) is 0 Å². The van der Waals surface area contributed by atoms with E-state index in [-0.39, 0.29) is 26.1 Å². The molecule has 0 bridgehead atoms. The fraction of sp³-hybridized carbons (Fsp3) is 0.677. The molecule has 0 spiro atoms. The lowest BCUT2D eigenvalue weighted by atomic mass is 10.1. The molecule has 4 aliphatic rings. The largest absolute Gasteiger partial charge is 0.463 e. The minimum atomic E-state index is -0.956. The number of aromatic amines is 2. The van der Waals surface area contributed by atoms with Crippen molar-refractivity contribution in [1.82, 2.24) is 19.1 Å². The maximum Gasteiger partial charge on any atom is 0.330 e. The van der Waals surface area contributed by atoms with Crippen LogP contribution in [0.15, 0.2) is 43.7 Å². The summed E-state index contributed by atoms with van der Waals surface area (Å²) in [5, 5.41) is 0. The van der Waals surface area contributed by atoms with Crippen LogP contribution in [-0.2, 0) is 47.5 Å². The molecule has 6 heterocycles. The summed E-state index contributed by atoms with van der Waals surface area (Å²) < 4.78 is 49.2. The van der Waals surface area contributed by atoms with Gasteiger partial charge in [-0.05, 0) is 40.5 Å². The standard InChI is InChI=1S/C31H40N4O14/c1-30(2)46-22-16(44-26(24(22)48-30)34-12-10-18(36)32-28(34)40)14-42-20(38)8-6-5-7-9-21(39)43-15-17-23-25(49-31(3,4)47-23)27(45-17)35-13-11-19(37)33-29(35)41/h10-13,16-17,22-27H,5-9,14-15H2,1-4H3,(H,32,36,40)(H,33,37,41)/t16-,17-,22-,23-,24-,25-,26-,27-/m1/s1. The van der Waals surface area contributed by atoms with Gasteiger partial charge in [0.15, 0.2) is 24.0 Å². The minimum Gasteiger partial charge on any atom is -0.463 e. The molecule has 8 atom stereocenters. The van der Waals surface area contributed by atoms with E-state index in [1.165, 1.54) is 33.7 Å². The molecule has 0 aliphatic carbocycles. The van der Waals surface area contributed by atoms with Crippen molar-refractivity contribution in [3.63, 3.8) is 0 Å². The molecule has 4 saturated heterocycles. The van der Waals surface area contributed by atoms with Crippen molar-refractivity contribution in [3.05, 3.63) is 66.2 Å². The molecule has 49 heavy (non-hydrogen) atoms. The van der Waals surface area contributed by atoms with Gasteiger partial charge in [-0.25, -0.2) is 9.59 Å². The smallest absolute Gasteiger partial charge is 0.330 e. The van der Waals surface area contributed by atoms with Gasteiger partial charge in [-0.3, -0.25) is 38.3 Å². The SMILES string of the molecule is CC1(C)O[C@@H]2[C@H](O1)[C@@H](COC(=O)CCCCCC(=O)OC[C@H]1O[C@@H](n3ccc(=O)[nH]c3=O)[C@@H]3OC(C)(C)O[C@@H]31)O[C@H]2n1ccc(=O)[nH]c1=O. The topological polar surface area (TPSA) is 218 Å². The van der Waals surface area contributed by atoms with Crippen LogP contribution in [0.25, 0.3) is 0 Å². The number of H-pyrrole nitrogens is 2. The van der Waals surface area contributed by atoms with Crippen molar-refractivity contribution in [2.24, 2.45) is 0 Å². The highest BCUT2D eigenvalue weighted by Gasteiger charge is 2.57. The van der Waals surface area contributed by atoms with E-state index in [0.717, 1.165) is 0 Å². The van der Waals surface area contributed by atoms with E-state index in [1.807, 2.05) is 0 Å². The minimum absolute atomic E-state index is 0.110. The Morgan fingerprint density at radius 2 is 1.04 bits per heavy atom. The molecular formula is C31H40N4O14. The van der Waals surface area contributed by atoms with Crippen molar-refractivity contribution in [1.29, 1.82) is 0 Å². The lowest BCUT2D eigenvalue weighted by Gasteiger charge is -2.24. The van der Waals surface area contributed by atoms with Crippen LogP contribution in [-0.4, -0.2) is 92.5 Å². The number of carbonyl (C=O) groups is 2. The van der Waals surface area contributed by atoms with Crippen LogP contribution >= 0.6 is 0 Å². The second-order valence-electron chi connectivity index (χ2n) is 13.2. The summed E-state index contributed by atoms with van der Waals surface area (Å²) in [7, 11) is 0. The normalized spacial score (nSPS) is 30.9. The first-order valence-electron chi connectivity index (χ1n) is 16.2. The summed E-state index contributed by atoms with van der Waals surface area (Å²) in [5.74, 6) is -2.83. The molecule has 0 saturated carbocycles. The van der Waals surface area contributed by atoms with Gasteiger partial charge in [0.2, 0.25) is 0 Å². The first-order valence-corrected chi connectivity index (χ1v) is 16.2. The molecule has 6 rings (SSSR count). The monoisotopic (exact) mass is 692 g/mol. The fourth-order valence-electron chi connectivity index (χ4n) is 6.50. The second-order valence-corrected chi connectivity index (χ2v) is 13.2. The van der Waals surface area contributed by atoms with Crippen LogP contribution in [0.3, 0.4) is 0 Å². The van der Waals surface area contributed by atoms with Crippen molar-refractivity contribution in [2.45, 2.75) is 120 Å². The quantitative estimate of drug-likeness (QED) is 0.220. The first-order chi connectivity index (χ1) is 23.2. The highest BCUT2D eigenvalue weighted by atomic mass is 16.8. The number of esters is 2. The molecule has 2 aromatic heterocycles. The maximum atomic E-state index is 12.5. The fourth-order valence-corrected chi connectivity index (χ4v) is 6.50. The van der Waals surface area contributed by atoms with Crippen LogP contribution in [0.2, 0.25) is 0 Å². The van der Waals surface area contributed by atoms with Crippen molar-refractivity contribution < 1.29 is 47.5 Å². The average molecular weight is 693 g/mol. The molecule has 2 aromatic rings. The molecule has 0 amide bonds. The van der Waals surface area contributed by atoms with Crippen LogP contribution in [0.5, 0.6) is 0 Å². The van der Waals surface area contributed by atoms with Gasteiger partial charge in [-0.2, -0.15) is 0 Å². The number of nitrogens with one attached hydrogen (secondary N) is 2. The van der Waals surface area contributed by atoms with Crippen molar-refractivity contribution >= 4 is 11.9 Å². The Morgan fingerprint density at radius 1 is 0.653 bits per heavy atom. The molecule has 268 valence electrons. The highest BCUT2D eigenvalue weighted by molar-refractivity contribution is 5.70. The van der Waals surface area contributed by atoms with E-state index in [2.05, 4.69) is 9.97 Å². The number of fused-ring (bicyclic) bond motifs is 2. The number of rotatable bonds is 12. The number of carbonyl (C=O) groups excluding carboxylic acids is 2. The molecule has 18 heteroatoms. The lowest BCUT2D eigenvalue weighted by molar-refractivity contribution is -0.203. The van der Waals surface area contributed by atoms with E-state index < -0.39 is 95.1 Å². The van der Waals surface area contributed by atoms with Gasteiger partial charge in [0.1, 0.15) is 49.8 Å². The summed E-state index contributed by atoms with van der Waals surface area (Å²) in [5.41, 5.74) is -2.42. The Hall–Kier alpha value is -3.94. The van der Waals surface area contributed by atoms with E-state index in [0.29, 0.717) is 19.3 Å². The van der Waals surface area contributed by atoms with Crippen molar-refractivity contribution in [2.75, 3.05) is 13.2 Å². The third-order valence-electron chi connectivity index (χ3n) is 8.58. The van der Waals surface area contributed by atoms with Crippen molar-refractivity contribution in [3.8, 4) is 0 Å². The van der Waals surface area contributed by atoms with E-state index in [4.69, 9.17) is 37.9 Å². The number of unbranched alkanes of at least 4 members (excludes halogenated alkanes) is 2. The number of aromatic nitrogens is 4. The zero-order valence-corrected chi connectivity index (χ0v) is 27.5. The van der Waals surface area contributed by atoms with Crippen LogP contribution in [0, 0.1) is 0 Å². The van der Waals surface area contributed by atoms with Gasteiger partial charge in [0.25, 0.3) is 11.1 Å². The Kier molecular flexibility index (Phi) is 9.80. The third-order valence-corrected chi connectivity index (χ3v) is 8.58. The lowest BCUT2D eigenvalue weighted by Crippen LogP contribution is -2.37. The molecule has 0 radical (unpaired) electrons.